The number of benzene rings is 1. The summed E-state index contributed by atoms with van der Waals surface area (Å²) in [6.45, 7) is -2.74. The molecule has 0 spiro atoms. The molecule has 0 saturated carbocycles. The molecule has 0 atom stereocenters. The van der Waals surface area contributed by atoms with Gasteiger partial charge in [0.05, 0.1) is 29.1 Å². The molecule has 0 fully saturated rings. The first-order valence-corrected chi connectivity index (χ1v) is 6.15. The largest absolute Gasteiger partial charge is 0.432 e. The molecule has 19 heavy (non-hydrogen) atoms. The highest BCUT2D eigenvalue weighted by Crippen LogP contribution is 2.29. The molecular formula is C11H10F3N3OS. The van der Waals surface area contributed by atoms with Gasteiger partial charge in [0.2, 0.25) is 0 Å². The molecule has 0 aliphatic heterocycles. The van der Waals surface area contributed by atoms with Crippen molar-refractivity contribution < 1.29 is 17.9 Å². The Morgan fingerprint density at radius 3 is 2.84 bits per heavy atom. The first-order chi connectivity index (χ1) is 9.06. The molecular weight excluding hydrogens is 279 g/mol. The van der Waals surface area contributed by atoms with E-state index in [1.165, 1.54) is 11.3 Å². The number of rotatable bonds is 5. The molecule has 2 rings (SSSR count). The molecule has 0 saturated heterocycles. The lowest BCUT2D eigenvalue weighted by Gasteiger charge is -2.12. The van der Waals surface area contributed by atoms with Gasteiger partial charge in [-0.2, -0.15) is 8.78 Å². The Kier molecular flexibility index (Phi) is 4.10. The van der Waals surface area contributed by atoms with E-state index in [0.717, 1.165) is 17.8 Å². The molecule has 2 aromatic rings. The van der Waals surface area contributed by atoms with Crippen molar-refractivity contribution in [2.45, 2.75) is 13.2 Å². The van der Waals surface area contributed by atoms with Crippen LogP contribution < -0.4 is 15.8 Å². The number of hydrogen-bond acceptors (Lipinski definition) is 5. The summed E-state index contributed by atoms with van der Waals surface area (Å²) in [5, 5.41) is 4.71. The molecule has 0 bridgehead atoms. The molecule has 3 N–H and O–H groups in total. The Hall–Kier alpha value is -1.96. The predicted octanol–water partition coefficient (Wildman–Crippen LogP) is 3.08. The second kappa shape index (κ2) is 5.79. The summed E-state index contributed by atoms with van der Waals surface area (Å²) in [6.07, 6.45) is 0. The summed E-state index contributed by atoms with van der Waals surface area (Å²) in [6, 6.07) is 2.03. The molecule has 0 amide bonds. The Bertz CT molecular complexity index is 548. The van der Waals surface area contributed by atoms with Gasteiger partial charge in [-0.25, -0.2) is 9.37 Å². The number of nitrogens with one attached hydrogen (secondary N) is 1. The van der Waals surface area contributed by atoms with Crippen LogP contribution in [0.15, 0.2) is 23.0 Å². The molecule has 8 heteroatoms. The summed E-state index contributed by atoms with van der Waals surface area (Å²) in [5.41, 5.74) is 8.44. The monoisotopic (exact) mass is 289 g/mol. The Morgan fingerprint density at radius 2 is 2.21 bits per heavy atom. The van der Waals surface area contributed by atoms with Crippen LogP contribution in [-0.4, -0.2) is 11.6 Å². The SMILES string of the molecule is Nc1cc(F)c(OC(F)F)cc1NCc1cscn1. The van der Waals surface area contributed by atoms with Crippen LogP contribution in [-0.2, 0) is 6.54 Å². The minimum absolute atomic E-state index is 0.106. The van der Waals surface area contributed by atoms with Crippen molar-refractivity contribution in [3.05, 3.63) is 34.5 Å². The van der Waals surface area contributed by atoms with Crippen molar-refractivity contribution in [2.75, 3.05) is 11.1 Å². The van der Waals surface area contributed by atoms with E-state index < -0.39 is 18.2 Å². The van der Waals surface area contributed by atoms with Crippen molar-refractivity contribution in [1.82, 2.24) is 4.98 Å². The average Bonchev–Trinajstić information content (AvgIpc) is 2.83. The normalized spacial score (nSPS) is 10.7. The molecule has 0 unspecified atom stereocenters. The van der Waals surface area contributed by atoms with E-state index >= 15 is 0 Å². The minimum atomic E-state index is -3.09. The average molecular weight is 289 g/mol. The molecule has 102 valence electrons. The summed E-state index contributed by atoms with van der Waals surface area (Å²) >= 11 is 1.43. The molecule has 0 radical (unpaired) electrons. The number of nitrogens with zero attached hydrogens (tertiary/aromatic N) is 1. The summed E-state index contributed by atoms with van der Waals surface area (Å²) in [5.74, 6) is -1.48. The lowest BCUT2D eigenvalue weighted by Crippen LogP contribution is -2.07. The smallest absolute Gasteiger partial charge is 0.387 e. The van der Waals surface area contributed by atoms with Crippen molar-refractivity contribution in [3.8, 4) is 5.75 Å². The van der Waals surface area contributed by atoms with Crippen LogP contribution in [0.4, 0.5) is 24.5 Å². The van der Waals surface area contributed by atoms with Gasteiger partial charge in [0, 0.05) is 17.5 Å². The van der Waals surface area contributed by atoms with Crippen LogP contribution >= 0.6 is 11.3 Å². The summed E-state index contributed by atoms with van der Waals surface area (Å²) < 4.78 is 41.6. The fraction of sp³-hybridized carbons (Fsp3) is 0.182. The fourth-order valence-corrected chi connectivity index (χ4v) is 1.98. The van der Waals surface area contributed by atoms with Crippen LogP contribution in [0.3, 0.4) is 0 Å². The van der Waals surface area contributed by atoms with Gasteiger partial charge in [-0.15, -0.1) is 11.3 Å². The van der Waals surface area contributed by atoms with Crippen LogP contribution in [0.2, 0.25) is 0 Å². The van der Waals surface area contributed by atoms with E-state index in [-0.39, 0.29) is 5.69 Å². The van der Waals surface area contributed by atoms with Crippen LogP contribution in [0.1, 0.15) is 5.69 Å². The third-order valence-electron chi connectivity index (χ3n) is 2.26. The highest BCUT2D eigenvalue weighted by atomic mass is 32.1. The van der Waals surface area contributed by atoms with Crippen molar-refractivity contribution in [2.24, 2.45) is 0 Å². The third-order valence-corrected chi connectivity index (χ3v) is 2.90. The van der Waals surface area contributed by atoms with Crippen molar-refractivity contribution in [3.63, 3.8) is 0 Å². The lowest BCUT2D eigenvalue weighted by molar-refractivity contribution is -0.0521. The van der Waals surface area contributed by atoms with Gasteiger partial charge in [-0.3, -0.25) is 0 Å². The van der Waals surface area contributed by atoms with Gasteiger partial charge in [-0.1, -0.05) is 0 Å². The maximum Gasteiger partial charge on any atom is 0.387 e. The van der Waals surface area contributed by atoms with Gasteiger partial charge in [0.25, 0.3) is 0 Å². The highest BCUT2D eigenvalue weighted by molar-refractivity contribution is 7.07. The van der Waals surface area contributed by atoms with E-state index in [1.807, 2.05) is 5.38 Å². The van der Waals surface area contributed by atoms with Gasteiger partial charge in [0.1, 0.15) is 0 Å². The standard InChI is InChI=1S/C11H10F3N3OS/c12-7-1-8(15)9(2-10(7)18-11(13)14)16-3-6-4-19-5-17-6/h1-2,4-5,11,16H,3,15H2. The fourth-order valence-electron chi connectivity index (χ4n) is 1.42. The van der Waals surface area contributed by atoms with Crippen LogP contribution in [0, 0.1) is 5.82 Å². The predicted molar refractivity (Wildman–Crippen MR) is 66.9 cm³/mol. The van der Waals surface area contributed by atoms with E-state index in [2.05, 4.69) is 15.0 Å². The number of nitrogen functional groups attached to an aromatic ring is 1. The number of hydrogen-bond donors (Lipinski definition) is 2. The van der Waals surface area contributed by atoms with Gasteiger partial charge in [-0.05, 0) is 0 Å². The van der Waals surface area contributed by atoms with Gasteiger partial charge < -0.3 is 15.8 Å². The van der Waals surface area contributed by atoms with E-state index in [9.17, 15) is 13.2 Å². The van der Waals surface area contributed by atoms with Crippen LogP contribution in [0.25, 0.3) is 0 Å². The van der Waals surface area contributed by atoms with Crippen molar-refractivity contribution in [1.29, 1.82) is 0 Å². The molecule has 1 aromatic heterocycles. The zero-order valence-corrected chi connectivity index (χ0v) is 10.4. The topological polar surface area (TPSA) is 60.2 Å². The highest BCUT2D eigenvalue weighted by Gasteiger charge is 2.13. The first kappa shape index (κ1) is 13.5. The molecule has 1 aromatic carbocycles. The van der Waals surface area contributed by atoms with Gasteiger partial charge >= 0.3 is 6.61 Å². The van der Waals surface area contributed by atoms with E-state index in [4.69, 9.17) is 5.73 Å². The van der Waals surface area contributed by atoms with Crippen LogP contribution in [0.5, 0.6) is 5.75 Å². The summed E-state index contributed by atoms with van der Waals surface area (Å²) in [7, 11) is 0. The van der Waals surface area contributed by atoms with E-state index in [1.54, 1.807) is 5.51 Å². The maximum atomic E-state index is 13.3. The molecule has 1 heterocycles. The van der Waals surface area contributed by atoms with Crippen molar-refractivity contribution >= 4 is 22.7 Å². The summed E-state index contributed by atoms with van der Waals surface area (Å²) in [4.78, 5) is 4.04. The zero-order valence-electron chi connectivity index (χ0n) is 9.57. The number of nitrogens with two attached hydrogens (primary N) is 1. The Morgan fingerprint density at radius 1 is 1.42 bits per heavy atom. The zero-order chi connectivity index (χ0) is 13.8. The minimum Gasteiger partial charge on any atom is -0.432 e. The molecule has 0 aliphatic rings. The Balaban J connectivity index is 2.15. The third kappa shape index (κ3) is 3.50. The number of ether oxygens (including phenoxy) is 1. The number of alkyl halides is 2. The number of aromatic nitrogens is 1. The quantitative estimate of drug-likeness (QED) is 0.830. The maximum absolute atomic E-state index is 13.3. The first-order valence-electron chi connectivity index (χ1n) is 5.21. The number of halogens is 3. The Labute approximate surface area is 111 Å². The second-order valence-corrected chi connectivity index (χ2v) is 4.30. The number of thiazole rings is 1. The molecule has 0 aliphatic carbocycles. The lowest BCUT2D eigenvalue weighted by atomic mass is 10.2. The van der Waals surface area contributed by atoms with Gasteiger partial charge in [0.15, 0.2) is 11.6 Å². The number of anilines is 2. The molecule has 4 nitrogen and oxygen atoms in total. The second-order valence-electron chi connectivity index (χ2n) is 3.58. The van der Waals surface area contributed by atoms with E-state index in [0.29, 0.717) is 12.2 Å².